The van der Waals surface area contributed by atoms with E-state index in [1.54, 1.807) is 4.31 Å². The van der Waals surface area contributed by atoms with Gasteiger partial charge in [-0.05, 0) is 54.5 Å². The van der Waals surface area contributed by atoms with Gasteiger partial charge in [0.2, 0.25) is 16.0 Å². The number of morpholine rings is 1. The number of hydrogen-bond donors (Lipinski definition) is 0. The van der Waals surface area contributed by atoms with Crippen molar-refractivity contribution in [3.8, 4) is 5.95 Å². The molecule has 3 aliphatic rings. The zero-order valence-electron chi connectivity index (χ0n) is 22.6. The number of nitrogens with zero attached hydrogens (tertiary/aromatic N) is 9. The van der Waals surface area contributed by atoms with Gasteiger partial charge in [0.05, 0.1) is 36.5 Å². The quantitative estimate of drug-likeness (QED) is 0.232. The molecule has 0 spiro atoms. The number of para-hydroxylation sites is 2. The first kappa shape index (κ1) is 26.5. The average molecular weight is 678 g/mol. The summed E-state index contributed by atoms with van der Waals surface area (Å²) >= 11 is 2.32. The molecule has 0 aliphatic carbocycles. The molecule has 6 heterocycles. The summed E-state index contributed by atoms with van der Waals surface area (Å²) in [6.07, 6.45) is 1.56. The zero-order chi connectivity index (χ0) is 27.6. The number of likely N-dealkylation sites (tertiary alicyclic amines) is 1. The Bertz CT molecular complexity index is 1700. The van der Waals surface area contributed by atoms with Gasteiger partial charge in [-0.3, -0.25) is 9.47 Å². The van der Waals surface area contributed by atoms with Crippen LogP contribution in [0.15, 0.2) is 24.3 Å². The molecule has 3 saturated heterocycles. The number of hydrogen-bond acceptors (Lipinski definition) is 9. The summed E-state index contributed by atoms with van der Waals surface area (Å²) in [4.78, 5) is 24.5. The summed E-state index contributed by atoms with van der Waals surface area (Å²) in [6, 6.07) is 8.06. The van der Waals surface area contributed by atoms with Crippen LogP contribution in [-0.4, -0.2) is 102 Å². The molecule has 12 nitrogen and oxygen atoms in total. The van der Waals surface area contributed by atoms with Crippen LogP contribution in [0.1, 0.15) is 24.5 Å². The summed E-state index contributed by atoms with van der Waals surface area (Å²) in [6.45, 7) is 6.83. The third kappa shape index (κ3) is 4.57. The van der Waals surface area contributed by atoms with E-state index in [2.05, 4.69) is 37.0 Å². The van der Waals surface area contributed by atoms with Gasteiger partial charge in [-0.25, -0.2) is 18.4 Å². The number of rotatable bonds is 5. The maximum atomic E-state index is 12.5. The van der Waals surface area contributed by atoms with Crippen LogP contribution >= 0.6 is 22.6 Å². The first-order chi connectivity index (χ1) is 19.3. The fourth-order valence-electron chi connectivity index (χ4n) is 6.20. The van der Waals surface area contributed by atoms with E-state index in [9.17, 15) is 8.42 Å². The van der Waals surface area contributed by atoms with Gasteiger partial charge in [-0.2, -0.15) is 14.3 Å². The number of benzene rings is 1. The third-order valence-electron chi connectivity index (χ3n) is 8.19. The Kier molecular flexibility index (Phi) is 6.72. The Morgan fingerprint density at radius 1 is 1.07 bits per heavy atom. The van der Waals surface area contributed by atoms with E-state index in [0.717, 1.165) is 65.6 Å². The fourth-order valence-corrected chi connectivity index (χ4v) is 8.69. The maximum Gasteiger partial charge on any atom is 0.239 e. The van der Waals surface area contributed by atoms with Gasteiger partial charge < -0.3 is 14.2 Å². The molecule has 14 heteroatoms. The molecule has 3 fully saturated rings. The zero-order valence-corrected chi connectivity index (χ0v) is 25.5. The van der Waals surface area contributed by atoms with Crippen LogP contribution in [0.2, 0.25) is 0 Å². The summed E-state index contributed by atoms with van der Waals surface area (Å²) < 4.78 is 36.6. The Labute approximate surface area is 246 Å². The maximum absolute atomic E-state index is 12.5. The van der Waals surface area contributed by atoms with Gasteiger partial charge in [0.15, 0.2) is 17.0 Å². The van der Waals surface area contributed by atoms with Crippen LogP contribution in [-0.2, 0) is 28.4 Å². The predicted molar refractivity (Wildman–Crippen MR) is 160 cm³/mol. The van der Waals surface area contributed by atoms with E-state index in [1.165, 1.54) is 0 Å². The van der Waals surface area contributed by atoms with Gasteiger partial charge in [-0.15, -0.1) is 0 Å². The predicted octanol–water partition coefficient (Wildman–Crippen LogP) is 2.22. The van der Waals surface area contributed by atoms with Gasteiger partial charge >= 0.3 is 0 Å². The van der Waals surface area contributed by atoms with E-state index in [1.807, 2.05) is 42.8 Å². The standard InChI is InChI=1S/C26H32IN9O3S/c1-17-28-19-6-3-4-7-20(19)36(17)26-30-24-23(25(31-26)34-11-12-39-21(27)15-34)29-22(32(24)2)16-33-10-8-18(14-33)35-9-5-13-40(35,37)38/h3-4,6-7,18,21H,5,8-16H2,1-2H3. The number of fused-ring (bicyclic) bond motifs is 2. The summed E-state index contributed by atoms with van der Waals surface area (Å²) in [7, 11) is -1.12. The van der Waals surface area contributed by atoms with Crippen molar-refractivity contribution in [2.75, 3.05) is 50.0 Å². The van der Waals surface area contributed by atoms with E-state index in [4.69, 9.17) is 24.7 Å². The lowest BCUT2D eigenvalue weighted by Gasteiger charge is -2.31. The van der Waals surface area contributed by atoms with Crippen molar-refractivity contribution in [1.82, 2.24) is 38.3 Å². The average Bonchev–Trinajstić information content (AvgIpc) is 3.68. The van der Waals surface area contributed by atoms with Crippen LogP contribution in [0.3, 0.4) is 0 Å². The van der Waals surface area contributed by atoms with Crippen molar-refractivity contribution in [3.63, 3.8) is 0 Å². The second kappa shape index (κ2) is 10.2. The molecule has 2 atom stereocenters. The van der Waals surface area contributed by atoms with Crippen LogP contribution in [0.4, 0.5) is 5.82 Å². The molecule has 2 unspecified atom stereocenters. The number of imidazole rings is 2. The molecular formula is C26H32IN9O3S. The summed E-state index contributed by atoms with van der Waals surface area (Å²) in [5.41, 5.74) is 3.40. The summed E-state index contributed by atoms with van der Waals surface area (Å²) in [5.74, 6) is 3.34. The third-order valence-corrected chi connectivity index (χ3v) is 10.9. The topological polar surface area (TPSA) is 115 Å². The number of sulfonamides is 1. The van der Waals surface area contributed by atoms with Crippen molar-refractivity contribution in [2.24, 2.45) is 7.05 Å². The fraction of sp³-hybridized carbons (Fsp3) is 0.538. The van der Waals surface area contributed by atoms with Crippen LogP contribution in [0.25, 0.3) is 28.1 Å². The normalized spacial score (nSPS) is 24.1. The molecule has 3 aromatic heterocycles. The lowest BCUT2D eigenvalue weighted by Crippen LogP contribution is -2.40. The SMILES string of the molecule is Cc1nc2ccccc2n1-c1nc(N2CCOC(I)C2)c2nc(CN3CCC(N4CCCS4(=O)=O)C3)n(C)c2n1. The van der Waals surface area contributed by atoms with Crippen molar-refractivity contribution in [3.05, 3.63) is 35.9 Å². The highest BCUT2D eigenvalue weighted by Gasteiger charge is 2.38. The van der Waals surface area contributed by atoms with Crippen molar-refractivity contribution in [2.45, 2.75) is 36.5 Å². The number of aryl methyl sites for hydroxylation is 2. The lowest BCUT2D eigenvalue weighted by atomic mass is 10.2. The lowest BCUT2D eigenvalue weighted by molar-refractivity contribution is 0.109. The van der Waals surface area contributed by atoms with Gasteiger partial charge in [0.25, 0.3) is 0 Å². The largest absolute Gasteiger partial charge is 0.364 e. The van der Waals surface area contributed by atoms with Crippen LogP contribution < -0.4 is 4.90 Å². The van der Waals surface area contributed by atoms with Gasteiger partial charge in [0, 0.05) is 39.3 Å². The Hall–Kier alpha value is -2.40. The molecule has 4 aromatic rings. The highest BCUT2D eigenvalue weighted by molar-refractivity contribution is 14.1. The molecule has 0 amide bonds. The van der Waals surface area contributed by atoms with Crippen molar-refractivity contribution < 1.29 is 13.2 Å². The molecule has 40 heavy (non-hydrogen) atoms. The van der Waals surface area contributed by atoms with Gasteiger partial charge in [-0.1, -0.05) is 12.1 Å². The second-order valence-electron chi connectivity index (χ2n) is 10.8. The molecule has 0 radical (unpaired) electrons. The Morgan fingerprint density at radius 3 is 2.73 bits per heavy atom. The van der Waals surface area contributed by atoms with E-state index in [0.29, 0.717) is 38.7 Å². The van der Waals surface area contributed by atoms with E-state index in [-0.39, 0.29) is 15.9 Å². The number of ether oxygens (including phenoxy) is 1. The molecular weight excluding hydrogens is 645 g/mol. The molecule has 0 bridgehead atoms. The van der Waals surface area contributed by atoms with E-state index < -0.39 is 10.0 Å². The molecule has 212 valence electrons. The van der Waals surface area contributed by atoms with Gasteiger partial charge in [0.1, 0.15) is 15.8 Å². The monoisotopic (exact) mass is 677 g/mol. The molecule has 0 saturated carbocycles. The first-order valence-electron chi connectivity index (χ1n) is 13.7. The Balaban J connectivity index is 1.28. The number of aromatic nitrogens is 6. The smallest absolute Gasteiger partial charge is 0.239 e. The minimum atomic E-state index is -3.12. The first-order valence-corrected chi connectivity index (χ1v) is 16.5. The second-order valence-corrected chi connectivity index (χ2v) is 14.2. The molecule has 7 rings (SSSR count). The molecule has 1 aromatic carbocycles. The van der Waals surface area contributed by atoms with Crippen molar-refractivity contribution in [1.29, 1.82) is 0 Å². The minimum Gasteiger partial charge on any atom is -0.364 e. The Morgan fingerprint density at radius 2 is 1.93 bits per heavy atom. The number of alkyl halides is 1. The highest BCUT2D eigenvalue weighted by atomic mass is 127. The number of anilines is 1. The van der Waals surface area contributed by atoms with Crippen LogP contribution in [0, 0.1) is 6.92 Å². The summed E-state index contributed by atoms with van der Waals surface area (Å²) in [5, 5.41) is 0. The van der Waals surface area contributed by atoms with E-state index >= 15 is 0 Å². The number of halogens is 1. The molecule has 0 N–H and O–H groups in total. The minimum absolute atomic E-state index is 0.0376. The van der Waals surface area contributed by atoms with Crippen LogP contribution in [0.5, 0.6) is 0 Å². The van der Waals surface area contributed by atoms with Crippen molar-refractivity contribution >= 4 is 60.6 Å². The molecule has 3 aliphatic heterocycles. The highest BCUT2D eigenvalue weighted by Crippen LogP contribution is 2.30.